The predicted octanol–water partition coefficient (Wildman–Crippen LogP) is 0.609. The van der Waals surface area contributed by atoms with E-state index in [-0.39, 0.29) is 6.61 Å². The van der Waals surface area contributed by atoms with Crippen LogP contribution in [0.2, 0.25) is 0 Å². The largest absolute Gasteiger partial charge is 0.395 e. The van der Waals surface area contributed by atoms with Crippen LogP contribution in [0.4, 0.5) is 0 Å². The van der Waals surface area contributed by atoms with E-state index in [0.29, 0.717) is 6.04 Å². The fraction of sp³-hybridized carbons (Fsp3) is 0.818. The molecule has 1 unspecified atom stereocenters. The molecule has 0 amide bonds. The number of hydrogen-bond acceptors (Lipinski definition) is 3. The molecule has 0 aromatic heterocycles. The van der Waals surface area contributed by atoms with Crippen LogP contribution in [0.25, 0.3) is 0 Å². The molecule has 14 heavy (non-hydrogen) atoms. The predicted molar refractivity (Wildman–Crippen MR) is 59.4 cm³/mol. The minimum Gasteiger partial charge on any atom is -0.395 e. The Labute approximate surface area is 86.8 Å². The van der Waals surface area contributed by atoms with Crippen LogP contribution in [-0.4, -0.2) is 48.8 Å². The lowest BCUT2D eigenvalue weighted by Crippen LogP contribution is -2.44. The molecule has 82 valence electrons. The second-order valence-electron chi connectivity index (χ2n) is 3.92. The van der Waals surface area contributed by atoms with E-state index in [0.717, 1.165) is 26.2 Å². The van der Waals surface area contributed by atoms with Gasteiger partial charge in [-0.25, -0.2) is 0 Å². The zero-order valence-electron chi connectivity index (χ0n) is 8.91. The zero-order chi connectivity index (χ0) is 10.2. The molecule has 1 saturated heterocycles. The van der Waals surface area contributed by atoms with Gasteiger partial charge in [-0.05, 0) is 19.4 Å². The zero-order valence-corrected chi connectivity index (χ0v) is 8.91. The Morgan fingerprint density at radius 2 is 2.36 bits per heavy atom. The van der Waals surface area contributed by atoms with Gasteiger partial charge in [0.25, 0.3) is 0 Å². The van der Waals surface area contributed by atoms with Crippen molar-refractivity contribution in [2.45, 2.75) is 25.3 Å². The summed E-state index contributed by atoms with van der Waals surface area (Å²) in [5.74, 6) is 0. The van der Waals surface area contributed by atoms with Gasteiger partial charge in [-0.2, -0.15) is 0 Å². The lowest BCUT2D eigenvalue weighted by molar-refractivity contribution is 0.186. The summed E-state index contributed by atoms with van der Waals surface area (Å²) in [5, 5.41) is 12.4. The first kappa shape index (κ1) is 11.7. The lowest BCUT2D eigenvalue weighted by atomic mass is 10.0. The third kappa shape index (κ3) is 4.22. The molecule has 0 saturated carbocycles. The van der Waals surface area contributed by atoms with Crippen LogP contribution in [0.15, 0.2) is 12.7 Å². The van der Waals surface area contributed by atoms with Gasteiger partial charge in [0, 0.05) is 25.7 Å². The number of hydrogen-bond donors (Lipinski definition) is 2. The van der Waals surface area contributed by atoms with Crippen LogP contribution in [0.3, 0.4) is 0 Å². The summed E-state index contributed by atoms with van der Waals surface area (Å²) in [7, 11) is 0. The molecule has 1 fully saturated rings. The van der Waals surface area contributed by atoms with Crippen molar-refractivity contribution >= 4 is 0 Å². The highest BCUT2D eigenvalue weighted by molar-refractivity contribution is 4.80. The number of rotatable bonds is 6. The van der Waals surface area contributed by atoms with Crippen LogP contribution in [0.1, 0.15) is 19.3 Å². The molecular weight excluding hydrogens is 176 g/mol. The Hall–Kier alpha value is -0.380. The summed E-state index contributed by atoms with van der Waals surface area (Å²) in [6.07, 6.45) is 5.80. The van der Waals surface area contributed by atoms with Gasteiger partial charge in [0.05, 0.1) is 6.61 Å². The molecule has 3 heteroatoms. The number of aliphatic hydroxyl groups is 1. The molecule has 0 radical (unpaired) electrons. The molecule has 0 bridgehead atoms. The van der Waals surface area contributed by atoms with Gasteiger partial charge in [-0.3, -0.25) is 4.90 Å². The van der Waals surface area contributed by atoms with Crippen molar-refractivity contribution in [1.29, 1.82) is 0 Å². The van der Waals surface area contributed by atoms with Crippen molar-refractivity contribution in [3.63, 3.8) is 0 Å². The van der Waals surface area contributed by atoms with E-state index in [1.54, 1.807) is 0 Å². The minimum atomic E-state index is 0.237. The van der Waals surface area contributed by atoms with Crippen LogP contribution in [-0.2, 0) is 0 Å². The van der Waals surface area contributed by atoms with E-state index in [4.69, 9.17) is 5.11 Å². The molecule has 3 nitrogen and oxygen atoms in total. The maximum absolute atomic E-state index is 8.90. The molecule has 0 aromatic rings. The second-order valence-corrected chi connectivity index (χ2v) is 3.92. The van der Waals surface area contributed by atoms with Crippen LogP contribution >= 0.6 is 0 Å². The quantitative estimate of drug-likeness (QED) is 0.614. The van der Waals surface area contributed by atoms with Gasteiger partial charge in [0.15, 0.2) is 0 Å². The van der Waals surface area contributed by atoms with E-state index in [2.05, 4.69) is 16.8 Å². The molecule has 0 aromatic carbocycles. The number of nitrogens with zero attached hydrogens (tertiary/aromatic N) is 1. The van der Waals surface area contributed by atoms with Gasteiger partial charge in [0.1, 0.15) is 0 Å². The first-order chi connectivity index (χ1) is 6.86. The highest BCUT2D eigenvalue weighted by Gasteiger charge is 2.15. The van der Waals surface area contributed by atoms with Gasteiger partial charge in [0.2, 0.25) is 0 Å². The monoisotopic (exact) mass is 198 g/mol. The number of piperidine rings is 1. The van der Waals surface area contributed by atoms with Gasteiger partial charge >= 0.3 is 0 Å². The van der Waals surface area contributed by atoms with E-state index in [1.165, 1.54) is 19.3 Å². The lowest BCUT2D eigenvalue weighted by Gasteiger charge is -2.29. The number of nitrogens with one attached hydrogen (secondary N) is 1. The van der Waals surface area contributed by atoms with Crippen molar-refractivity contribution in [2.75, 3.05) is 32.8 Å². The van der Waals surface area contributed by atoms with Crippen LogP contribution < -0.4 is 5.32 Å². The molecule has 1 rings (SSSR count). The van der Waals surface area contributed by atoms with Crippen molar-refractivity contribution < 1.29 is 5.11 Å². The number of aliphatic hydroxyl groups excluding tert-OH is 1. The van der Waals surface area contributed by atoms with Gasteiger partial charge in [-0.1, -0.05) is 12.5 Å². The third-order valence-electron chi connectivity index (χ3n) is 2.69. The highest BCUT2D eigenvalue weighted by atomic mass is 16.3. The van der Waals surface area contributed by atoms with Gasteiger partial charge in [-0.15, -0.1) is 6.58 Å². The summed E-state index contributed by atoms with van der Waals surface area (Å²) in [6, 6.07) is 0.607. The standard InChI is InChI=1S/C11H22N2O/c1-2-7-13(8-9-14)10-11-5-3-4-6-12-11/h2,11-12,14H,1,3-10H2. The molecule has 1 heterocycles. The Bertz CT molecular complexity index is 155. The first-order valence-corrected chi connectivity index (χ1v) is 5.54. The van der Waals surface area contributed by atoms with Crippen molar-refractivity contribution in [3.05, 3.63) is 12.7 Å². The molecule has 1 aliphatic rings. The summed E-state index contributed by atoms with van der Waals surface area (Å²) in [6.45, 7) is 7.78. The summed E-state index contributed by atoms with van der Waals surface area (Å²) in [4.78, 5) is 2.25. The van der Waals surface area contributed by atoms with Crippen molar-refractivity contribution in [1.82, 2.24) is 10.2 Å². The Balaban J connectivity index is 2.25. The second kappa shape index (κ2) is 6.98. The van der Waals surface area contributed by atoms with E-state index in [1.807, 2.05) is 6.08 Å². The Kier molecular flexibility index (Phi) is 5.83. The van der Waals surface area contributed by atoms with Crippen molar-refractivity contribution in [2.24, 2.45) is 0 Å². The fourth-order valence-electron chi connectivity index (χ4n) is 1.97. The average molecular weight is 198 g/mol. The third-order valence-corrected chi connectivity index (χ3v) is 2.69. The van der Waals surface area contributed by atoms with Crippen LogP contribution in [0, 0.1) is 0 Å². The summed E-state index contributed by atoms with van der Waals surface area (Å²) >= 11 is 0. The molecular formula is C11H22N2O. The normalized spacial score (nSPS) is 22.6. The molecule has 1 atom stereocenters. The minimum absolute atomic E-state index is 0.237. The SMILES string of the molecule is C=CCN(CCO)CC1CCCCN1. The molecule has 2 N–H and O–H groups in total. The average Bonchev–Trinajstić information content (AvgIpc) is 2.20. The van der Waals surface area contributed by atoms with E-state index < -0.39 is 0 Å². The van der Waals surface area contributed by atoms with Gasteiger partial charge < -0.3 is 10.4 Å². The molecule has 0 aliphatic carbocycles. The smallest absolute Gasteiger partial charge is 0.0558 e. The van der Waals surface area contributed by atoms with Crippen LogP contribution in [0.5, 0.6) is 0 Å². The summed E-state index contributed by atoms with van der Waals surface area (Å²) in [5.41, 5.74) is 0. The van der Waals surface area contributed by atoms with E-state index in [9.17, 15) is 0 Å². The fourth-order valence-corrected chi connectivity index (χ4v) is 1.97. The topological polar surface area (TPSA) is 35.5 Å². The van der Waals surface area contributed by atoms with E-state index >= 15 is 0 Å². The Morgan fingerprint density at radius 1 is 1.50 bits per heavy atom. The Morgan fingerprint density at radius 3 is 2.93 bits per heavy atom. The molecule has 0 spiro atoms. The maximum atomic E-state index is 8.90. The highest BCUT2D eigenvalue weighted by Crippen LogP contribution is 2.08. The summed E-state index contributed by atoms with van der Waals surface area (Å²) < 4.78 is 0. The van der Waals surface area contributed by atoms with Crippen molar-refractivity contribution in [3.8, 4) is 0 Å². The molecule has 1 aliphatic heterocycles. The maximum Gasteiger partial charge on any atom is 0.0558 e. The first-order valence-electron chi connectivity index (χ1n) is 5.54.